The Kier molecular flexibility index (Phi) is 6.33. The van der Waals surface area contributed by atoms with Crippen LogP contribution in [0, 0.1) is 0 Å². The van der Waals surface area contributed by atoms with Gasteiger partial charge in [0.15, 0.2) is 4.34 Å². The van der Waals surface area contributed by atoms with Gasteiger partial charge < -0.3 is 9.47 Å². The van der Waals surface area contributed by atoms with Crippen molar-refractivity contribution < 1.29 is 27.5 Å². The Morgan fingerprint density at radius 3 is 2.68 bits per heavy atom. The van der Waals surface area contributed by atoms with E-state index in [9.17, 15) is 18.0 Å². The minimum atomic E-state index is -3.95. The summed E-state index contributed by atoms with van der Waals surface area (Å²) in [4.78, 5) is 22.5. The van der Waals surface area contributed by atoms with E-state index in [4.69, 9.17) is 0 Å². The molecule has 1 heterocycles. The van der Waals surface area contributed by atoms with Crippen molar-refractivity contribution in [2.24, 2.45) is 0 Å². The quantitative estimate of drug-likeness (QED) is 0.539. The second kappa shape index (κ2) is 8.27. The van der Waals surface area contributed by atoms with Gasteiger partial charge in [-0.3, -0.25) is 9.52 Å². The largest absolute Gasteiger partial charge is 0.468 e. The third-order valence-electron chi connectivity index (χ3n) is 2.73. The number of nitrogens with zero attached hydrogens (tertiary/aromatic N) is 2. The van der Waals surface area contributed by atoms with Crippen LogP contribution in [0.25, 0.3) is 0 Å². The van der Waals surface area contributed by atoms with Crippen LogP contribution in [-0.2, 0) is 24.3 Å². The summed E-state index contributed by atoms with van der Waals surface area (Å²) < 4.78 is 36.5. The fourth-order valence-corrected chi connectivity index (χ4v) is 4.43. The summed E-state index contributed by atoms with van der Waals surface area (Å²) in [6.45, 7) is 0. The lowest BCUT2D eigenvalue weighted by atomic mass is 10.2. The number of hydrogen-bond acceptors (Lipinski definition) is 10. The summed E-state index contributed by atoms with van der Waals surface area (Å²) in [5.41, 5.74) is 0.108. The molecule has 0 saturated heterocycles. The summed E-state index contributed by atoms with van der Waals surface area (Å²) in [5.74, 6) is -1.03. The molecule has 2 rings (SSSR count). The van der Waals surface area contributed by atoms with Gasteiger partial charge >= 0.3 is 11.9 Å². The first-order chi connectivity index (χ1) is 11.9. The predicted molar refractivity (Wildman–Crippen MR) is 91.2 cm³/mol. The van der Waals surface area contributed by atoms with Gasteiger partial charge in [-0.1, -0.05) is 29.2 Å². The van der Waals surface area contributed by atoms with E-state index in [1.807, 2.05) is 0 Å². The zero-order valence-corrected chi connectivity index (χ0v) is 15.5. The maximum Gasteiger partial charge on any atom is 0.337 e. The molecule has 0 aliphatic carbocycles. The third-order valence-corrected chi connectivity index (χ3v) is 6.15. The van der Waals surface area contributed by atoms with Crippen LogP contribution in [0.4, 0.5) is 5.13 Å². The molecule has 12 heteroatoms. The number of ether oxygens (including phenoxy) is 2. The highest BCUT2D eigenvalue weighted by atomic mass is 32.2. The minimum Gasteiger partial charge on any atom is -0.468 e. The standard InChI is InChI=1S/C13H13N3O6S3/c1-21-10(17)7-23-13-15-14-12(24-13)16-25(19,20)9-5-3-4-8(6-9)11(18)22-2/h3-6H,7H2,1-2H3,(H,14,16). The second-order valence-corrected chi connectivity index (χ2v) is 8.25. The summed E-state index contributed by atoms with van der Waals surface area (Å²) in [7, 11) is -1.48. The van der Waals surface area contributed by atoms with Crippen LogP contribution in [-0.4, -0.2) is 50.5 Å². The molecule has 1 aromatic carbocycles. The average molecular weight is 403 g/mol. The zero-order chi connectivity index (χ0) is 18.4. The number of rotatable bonds is 7. The molecular formula is C13H13N3O6S3. The van der Waals surface area contributed by atoms with Crippen molar-refractivity contribution in [3.8, 4) is 0 Å². The van der Waals surface area contributed by atoms with Crippen LogP contribution >= 0.6 is 23.1 Å². The van der Waals surface area contributed by atoms with Crippen LogP contribution in [0.1, 0.15) is 10.4 Å². The topological polar surface area (TPSA) is 125 Å². The smallest absolute Gasteiger partial charge is 0.337 e. The summed E-state index contributed by atoms with van der Waals surface area (Å²) in [6.07, 6.45) is 0. The number of aromatic nitrogens is 2. The molecule has 1 aromatic heterocycles. The van der Waals surface area contributed by atoms with Gasteiger partial charge in [0.05, 0.1) is 30.4 Å². The maximum atomic E-state index is 12.4. The zero-order valence-electron chi connectivity index (χ0n) is 13.1. The van der Waals surface area contributed by atoms with E-state index in [2.05, 4.69) is 24.4 Å². The molecular weight excluding hydrogens is 390 g/mol. The fourth-order valence-electron chi connectivity index (χ4n) is 1.57. The second-order valence-electron chi connectivity index (χ2n) is 4.36. The number of carbonyl (C=O) groups excluding carboxylic acids is 2. The molecule has 1 N–H and O–H groups in total. The van der Waals surface area contributed by atoms with Gasteiger partial charge in [-0.2, -0.15) is 0 Å². The summed E-state index contributed by atoms with van der Waals surface area (Å²) >= 11 is 2.05. The average Bonchev–Trinajstić information content (AvgIpc) is 3.05. The normalized spacial score (nSPS) is 11.0. The van der Waals surface area contributed by atoms with E-state index in [1.165, 1.54) is 38.5 Å². The van der Waals surface area contributed by atoms with Gasteiger partial charge in [-0.25, -0.2) is 13.2 Å². The number of sulfonamides is 1. The first kappa shape index (κ1) is 19.1. The van der Waals surface area contributed by atoms with Crippen molar-refractivity contribution in [3.63, 3.8) is 0 Å². The van der Waals surface area contributed by atoms with Crippen molar-refractivity contribution in [1.82, 2.24) is 10.2 Å². The molecule has 0 atom stereocenters. The van der Waals surface area contributed by atoms with Gasteiger partial charge in [0, 0.05) is 0 Å². The molecule has 9 nitrogen and oxygen atoms in total. The van der Waals surface area contributed by atoms with Crippen LogP contribution in [0.2, 0.25) is 0 Å². The molecule has 0 radical (unpaired) electrons. The van der Waals surface area contributed by atoms with Crippen molar-refractivity contribution in [3.05, 3.63) is 29.8 Å². The monoisotopic (exact) mass is 403 g/mol. The molecule has 0 aliphatic rings. The molecule has 0 unspecified atom stereocenters. The molecule has 0 amide bonds. The molecule has 0 spiro atoms. The van der Waals surface area contributed by atoms with Gasteiger partial charge in [-0.05, 0) is 18.2 Å². The van der Waals surface area contributed by atoms with Gasteiger partial charge in [0.1, 0.15) is 0 Å². The molecule has 134 valence electrons. The Bertz CT molecular complexity index is 881. The number of methoxy groups -OCH3 is 2. The number of anilines is 1. The lowest BCUT2D eigenvalue weighted by Crippen LogP contribution is -2.13. The van der Waals surface area contributed by atoms with Gasteiger partial charge in [0.2, 0.25) is 5.13 Å². The number of thioether (sulfide) groups is 1. The highest BCUT2D eigenvalue weighted by Gasteiger charge is 2.19. The molecule has 0 saturated carbocycles. The lowest BCUT2D eigenvalue weighted by molar-refractivity contribution is -0.137. The molecule has 0 aliphatic heterocycles. The number of hydrogen-bond donors (Lipinski definition) is 1. The molecule has 25 heavy (non-hydrogen) atoms. The Morgan fingerprint density at radius 2 is 2.00 bits per heavy atom. The van der Waals surface area contributed by atoms with Crippen LogP contribution in [0.5, 0.6) is 0 Å². The number of nitrogens with one attached hydrogen (secondary N) is 1. The SMILES string of the molecule is COC(=O)CSc1nnc(NS(=O)(=O)c2cccc(C(=O)OC)c2)s1. The highest BCUT2D eigenvalue weighted by Crippen LogP contribution is 2.27. The van der Waals surface area contributed by atoms with E-state index in [-0.39, 0.29) is 21.3 Å². The molecule has 0 fully saturated rings. The van der Waals surface area contributed by atoms with E-state index in [0.29, 0.717) is 4.34 Å². The summed E-state index contributed by atoms with van der Waals surface area (Å²) in [6, 6.07) is 5.40. The third kappa shape index (κ3) is 5.14. The first-order valence-electron chi connectivity index (χ1n) is 6.60. The van der Waals surface area contributed by atoms with E-state index in [1.54, 1.807) is 0 Å². The molecule has 2 aromatic rings. The minimum absolute atomic E-state index is 0.0378. The Morgan fingerprint density at radius 1 is 1.24 bits per heavy atom. The van der Waals surface area contributed by atoms with Crippen LogP contribution < -0.4 is 4.72 Å². The lowest BCUT2D eigenvalue weighted by Gasteiger charge is -2.06. The predicted octanol–water partition coefficient (Wildman–Crippen LogP) is 1.39. The summed E-state index contributed by atoms with van der Waals surface area (Å²) in [5, 5.41) is 7.54. The first-order valence-corrected chi connectivity index (χ1v) is 9.88. The van der Waals surface area contributed by atoms with Crippen LogP contribution in [0.15, 0.2) is 33.5 Å². The number of benzene rings is 1. The van der Waals surface area contributed by atoms with Crippen LogP contribution in [0.3, 0.4) is 0 Å². The van der Waals surface area contributed by atoms with Gasteiger partial charge in [-0.15, -0.1) is 10.2 Å². The maximum absolute atomic E-state index is 12.4. The van der Waals surface area contributed by atoms with Crippen molar-refractivity contribution in [1.29, 1.82) is 0 Å². The Balaban J connectivity index is 2.12. The van der Waals surface area contributed by atoms with E-state index >= 15 is 0 Å². The van der Waals surface area contributed by atoms with E-state index in [0.717, 1.165) is 23.1 Å². The van der Waals surface area contributed by atoms with Gasteiger partial charge in [0.25, 0.3) is 10.0 Å². The number of esters is 2. The van der Waals surface area contributed by atoms with Crippen molar-refractivity contribution >= 4 is 50.2 Å². The molecule has 0 bridgehead atoms. The van der Waals surface area contributed by atoms with Crippen molar-refractivity contribution in [2.75, 3.05) is 24.7 Å². The highest BCUT2D eigenvalue weighted by molar-refractivity contribution is 8.01. The Labute approximate surface area is 151 Å². The van der Waals surface area contributed by atoms with E-state index < -0.39 is 22.0 Å². The number of carbonyl (C=O) groups is 2. The fraction of sp³-hybridized carbons (Fsp3) is 0.231. The van der Waals surface area contributed by atoms with Crippen molar-refractivity contribution in [2.45, 2.75) is 9.24 Å². The Hall–Kier alpha value is -2.18.